The van der Waals surface area contributed by atoms with E-state index in [0.717, 1.165) is 51.1 Å². The molecule has 26 heavy (non-hydrogen) atoms. The van der Waals surface area contributed by atoms with Crippen LogP contribution in [0.5, 0.6) is 0 Å². The fraction of sp³-hybridized carbons (Fsp3) is 0.400. The average Bonchev–Trinajstić information content (AvgIpc) is 3.20. The summed E-state index contributed by atoms with van der Waals surface area (Å²) in [5.74, 6) is 0.748. The van der Waals surface area contributed by atoms with Crippen LogP contribution in [0.1, 0.15) is 52.0 Å². The van der Waals surface area contributed by atoms with Crippen LogP contribution in [0.4, 0.5) is 0 Å². The van der Waals surface area contributed by atoms with Gasteiger partial charge < -0.3 is 0 Å². The van der Waals surface area contributed by atoms with Crippen LogP contribution in [0.15, 0.2) is 42.5 Å². The lowest BCUT2D eigenvalue weighted by Gasteiger charge is -2.13. The van der Waals surface area contributed by atoms with Crippen molar-refractivity contribution in [2.75, 3.05) is 0 Å². The summed E-state index contributed by atoms with van der Waals surface area (Å²) < 4.78 is 27.7. The van der Waals surface area contributed by atoms with Crippen LogP contribution in [0, 0.1) is 26.7 Å². The van der Waals surface area contributed by atoms with Gasteiger partial charge in [0.15, 0.2) is 6.17 Å². The van der Waals surface area contributed by atoms with Crippen LogP contribution < -0.4 is 4.57 Å². The van der Waals surface area contributed by atoms with E-state index in [4.69, 9.17) is 4.11 Å². The fourth-order valence-corrected chi connectivity index (χ4v) is 4.45. The van der Waals surface area contributed by atoms with Crippen molar-refractivity contribution in [3.05, 3.63) is 64.8 Å². The van der Waals surface area contributed by atoms with E-state index in [-0.39, 0.29) is 12.2 Å². The zero-order valence-electron chi connectivity index (χ0n) is 19.4. The number of hydrogen-bond donors (Lipinski definition) is 0. The second-order valence-electron chi connectivity index (χ2n) is 8.01. The van der Waals surface area contributed by atoms with Crippen LogP contribution in [-0.4, -0.2) is 0 Å². The molecule has 1 saturated carbocycles. The molecule has 0 spiro atoms. The predicted molar refractivity (Wildman–Crippen MR) is 110 cm³/mol. The molecule has 0 radical (unpaired) electrons. The molecular weight excluding hydrogens is 314 g/mol. The van der Waals surface area contributed by atoms with Crippen molar-refractivity contribution in [3.63, 3.8) is 0 Å². The van der Waals surface area contributed by atoms with Crippen molar-refractivity contribution in [1.82, 2.24) is 0 Å². The number of aryl methyl sites for hydroxylation is 2. The Morgan fingerprint density at radius 2 is 1.88 bits per heavy atom. The van der Waals surface area contributed by atoms with E-state index in [2.05, 4.69) is 38.1 Å². The second kappa shape index (κ2) is 6.87. The summed E-state index contributed by atoms with van der Waals surface area (Å²) >= 11 is 0. The fourth-order valence-electron chi connectivity index (χ4n) is 4.45. The number of aromatic nitrogens is 1. The predicted octanol–water partition coefficient (Wildman–Crippen LogP) is 5.99. The quantitative estimate of drug-likeness (QED) is 0.512. The van der Waals surface area contributed by atoms with E-state index < -0.39 is 0 Å². The highest BCUT2D eigenvalue weighted by molar-refractivity contribution is 5.94. The Kier molecular flexibility index (Phi) is 3.69. The lowest BCUT2D eigenvalue weighted by Crippen LogP contribution is -2.30. The first-order chi connectivity index (χ1) is 13.8. The Bertz CT molecular complexity index is 1090. The summed E-state index contributed by atoms with van der Waals surface area (Å²) in [7, 11) is 1.85. The van der Waals surface area contributed by atoms with Crippen LogP contribution in [-0.2, 0) is 13.5 Å². The average molecular weight is 348 g/mol. The molecule has 0 unspecified atom stereocenters. The van der Waals surface area contributed by atoms with Gasteiger partial charge in [0, 0.05) is 6.04 Å². The van der Waals surface area contributed by atoms with E-state index >= 15 is 0 Å². The Balaban J connectivity index is 1.98. The van der Waals surface area contributed by atoms with Crippen LogP contribution in [0.2, 0.25) is 0 Å². The van der Waals surface area contributed by atoms with Gasteiger partial charge in [0.25, 0.3) is 0 Å². The maximum atomic E-state index is 8.74. The lowest BCUT2D eigenvalue weighted by molar-refractivity contribution is -0.659. The van der Waals surface area contributed by atoms with Gasteiger partial charge in [-0.25, -0.2) is 4.57 Å². The highest BCUT2D eigenvalue weighted by atomic mass is 14.9. The molecule has 0 N–H and O–H groups in total. The lowest BCUT2D eigenvalue weighted by atomic mass is 9.92. The summed E-state index contributed by atoms with van der Waals surface area (Å²) in [6, 6.07) is 9.27. The zero-order valence-corrected chi connectivity index (χ0v) is 16.4. The van der Waals surface area contributed by atoms with Gasteiger partial charge in [-0.15, -0.1) is 0 Å². The maximum absolute atomic E-state index is 8.74. The molecule has 0 amide bonds. The van der Waals surface area contributed by atoms with Crippen LogP contribution in [0.3, 0.4) is 0 Å². The van der Waals surface area contributed by atoms with Gasteiger partial charge in [-0.3, -0.25) is 0 Å². The summed E-state index contributed by atoms with van der Waals surface area (Å²) in [6.45, 7) is 6.11. The standard InChI is InChI=1S/C25H30N/c1-17-13-18(2)19(3)24(14-17)25-23-10-9-21(15-20-7-5-6-8-20)16-22(23)11-12-26(25)4/h9-14,16,20H,5-8,15H2,1-4H3/q+1/i11D,12D,14D. The number of fused-ring (bicyclic) bond motifs is 1. The molecule has 0 bridgehead atoms. The van der Waals surface area contributed by atoms with Gasteiger partial charge >= 0.3 is 0 Å². The van der Waals surface area contributed by atoms with Crippen LogP contribution in [0.25, 0.3) is 22.0 Å². The third-order valence-corrected chi connectivity index (χ3v) is 5.99. The van der Waals surface area contributed by atoms with E-state index in [1.165, 1.54) is 31.2 Å². The molecule has 0 atom stereocenters. The minimum absolute atomic E-state index is 0.198. The molecule has 1 nitrogen and oxygen atoms in total. The normalized spacial score (nSPS) is 16.7. The number of benzene rings is 2. The minimum atomic E-state index is 0.198. The molecule has 1 aliphatic rings. The molecule has 1 aromatic heterocycles. The molecule has 1 heteroatoms. The van der Waals surface area contributed by atoms with E-state index in [0.29, 0.717) is 6.04 Å². The molecule has 3 aromatic rings. The molecule has 1 aliphatic carbocycles. The first kappa shape index (κ1) is 14.0. The first-order valence-corrected chi connectivity index (χ1v) is 9.79. The number of rotatable bonds is 3. The molecule has 1 heterocycles. The van der Waals surface area contributed by atoms with Crippen molar-refractivity contribution >= 4 is 10.8 Å². The molecule has 2 aromatic carbocycles. The van der Waals surface area contributed by atoms with Crippen molar-refractivity contribution in [2.45, 2.75) is 52.9 Å². The molecule has 1 fully saturated rings. The Hall–Kier alpha value is -2.15. The first-order valence-electron chi connectivity index (χ1n) is 11.3. The summed E-state index contributed by atoms with van der Waals surface area (Å²) in [5.41, 5.74) is 6.19. The van der Waals surface area contributed by atoms with Gasteiger partial charge in [-0.05, 0) is 67.3 Å². The number of hydrogen-bond acceptors (Lipinski definition) is 0. The number of nitrogens with zero attached hydrogens (tertiary/aromatic N) is 1. The molecule has 134 valence electrons. The maximum Gasteiger partial charge on any atom is 0.220 e. The summed E-state index contributed by atoms with van der Waals surface area (Å²) in [4.78, 5) is 0. The van der Waals surface area contributed by atoms with E-state index in [9.17, 15) is 0 Å². The highest BCUT2D eigenvalue weighted by Gasteiger charge is 2.20. The largest absolute Gasteiger partial charge is 0.220 e. The third kappa shape index (κ3) is 3.16. The molecule has 0 saturated heterocycles. The Morgan fingerprint density at radius 3 is 2.65 bits per heavy atom. The number of pyridine rings is 1. The van der Waals surface area contributed by atoms with Crippen molar-refractivity contribution in [3.8, 4) is 11.3 Å². The van der Waals surface area contributed by atoms with Crippen molar-refractivity contribution < 1.29 is 8.68 Å². The zero-order chi connectivity index (χ0) is 20.9. The Labute approximate surface area is 161 Å². The second-order valence-corrected chi connectivity index (χ2v) is 8.01. The topological polar surface area (TPSA) is 3.88 Å². The van der Waals surface area contributed by atoms with Crippen molar-refractivity contribution in [1.29, 1.82) is 0 Å². The van der Waals surface area contributed by atoms with Gasteiger partial charge in [0.1, 0.15) is 8.42 Å². The summed E-state index contributed by atoms with van der Waals surface area (Å²) in [5, 5.41) is 1.79. The monoisotopic (exact) mass is 347 g/mol. The van der Waals surface area contributed by atoms with Gasteiger partial charge in [0.05, 0.1) is 13.7 Å². The van der Waals surface area contributed by atoms with Crippen molar-refractivity contribution in [2.24, 2.45) is 13.0 Å². The SMILES string of the molecule is [2H]c1c(C)cc(C)c(C)c1-c1c2ccc(CC3CCCC3)cc2c([2H])c([2H])[n+]1C. The van der Waals surface area contributed by atoms with E-state index in [1.807, 2.05) is 14.0 Å². The van der Waals surface area contributed by atoms with Crippen LogP contribution >= 0.6 is 0 Å². The molecular formula is C25H30N+. The molecule has 4 rings (SSSR count). The molecule has 0 aliphatic heterocycles. The smallest absolute Gasteiger partial charge is 0.200 e. The third-order valence-electron chi connectivity index (χ3n) is 5.99. The Morgan fingerprint density at radius 1 is 1.12 bits per heavy atom. The van der Waals surface area contributed by atoms with Gasteiger partial charge in [-0.2, -0.15) is 0 Å². The minimum Gasteiger partial charge on any atom is -0.200 e. The summed E-state index contributed by atoms with van der Waals surface area (Å²) in [6.07, 6.45) is 6.52. The van der Waals surface area contributed by atoms with E-state index in [1.54, 1.807) is 4.57 Å². The van der Waals surface area contributed by atoms with Gasteiger partial charge in [-0.1, -0.05) is 49.4 Å². The highest BCUT2D eigenvalue weighted by Crippen LogP contribution is 2.32. The van der Waals surface area contributed by atoms with Gasteiger partial charge in [0.2, 0.25) is 5.69 Å².